The van der Waals surface area contributed by atoms with Gasteiger partial charge in [-0.05, 0) is 138 Å². The van der Waals surface area contributed by atoms with Gasteiger partial charge >= 0.3 is 17.7 Å². The number of epoxide rings is 1. The number of esters is 2. The molecular formula is C60H158N2O11. The van der Waals surface area contributed by atoms with Gasteiger partial charge in [-0.15, -0.1) is 0 Å². The lowest BCUT2D eigenvalue weighted by atomic mass is 9.33. The maximum atomic E-state index is 14.5. The Hall–Kier alpha value is -4.30. The molecule has 0 amide bonds. The Kier molecular flexibility index (Phi) is 3.98. The van der Waals surface area contributed by atoms with Crippen LogP contribution in [0.25, 0.3) is 9.69 Å². The number of aliphatic hydroxyl groups is 2. The molecule has 13 aliphatic rings. The summed E-state index contributed by atoms with van der Waals surface area (Å²) in [6.07, 6.45) is 14.7. The summed E-state index contributed by atoms with van der Waals surface area (Å²) in [6, 6.07) is 0. The number of hydrogen-bond acceptors (Lipinski definition) is 11. The van der Waals surface area contributed by atoms with E-state index in [1.165, 1.54) is 13.8 Å². The molecule has 0 aromatic carbocycles. The number of nitrogens with zero attached hydrogens (tertiary/aromatic N) is 2. The van der Waals surface area contributed by atoms with Crippen molar-refractivity contribution >= 4 is 35.1 Å². The van der Waals surface area contributed by atoms with Gasteiger partial charge in [0.2, 0.25) is 5.70 Å². The molecule has 7 saturated carbocycles. The number of ketones is 4. The normalized spacial score (nSPS) is 60.1. The maximum absolute atomic E-state index is 14.5. The fourth-order valence-corrected chi connectivity index (χ4v) is 21.0. The van der Waals surface area contributed by atoms with Crippen LogP contribution in [-0.2, 0) is 43.0 Å². The van der Waals surface area contributed by atoms with Crippen LogP contribution in [-0.4, -0.2) is 79.5 Å². The molecule has 18 atom stereocenters. The first kappa shape index (κ1) is 21.6. The van der Waals surface area contributed by atoms with Crippen LogP contribution in [0.5, 0.6) is 0 Å². The number of fused-ring (bicyclic) bond motifs is 10. The summed E-state index contributed by atoms with van der Waals surface area (Å²) in [5.41, 5.74) is -10.9. The number of allylic oxidation sites excluding steroid dienone is 2. The number of carbonyl (C=O) groups is 6. The zero-order chi connectivity index (χ0) is 135. The fourth-order valence-electron chi connectivity index (χ4n) is 21.0. The quantitative estimate of drug-likeness (QED) is 0.134. The van der Waals surface area contributed by atoms with E-state index in [0.29, 0.717) is 44.9 Å². The maximum Gasteiger partial charge on any atom is 0.427 e. The van der Waals surface area contributed by atoms with E-state index in [2.05, 4.69) is 65.1 Å². The Morgan fingerprint density at radius 3 is 1.52 bits per heavy atom. The Morgan fingerprint density at radius 1 is 0.589 bits per heavy atom. The summed E-state index contributed by atoms with van der Waals surface area (Å²) >= 11 is 0. The van der Waals surface area contributed by atoms with E-state index in [-0.39, 0.29) is 53.3 Å². The van der Waals surface area contributed by atoms with Crippen molar-refractivity contribution in [2.24, 2.45) is 77.8 Å². The number of rotatable bonds is 0. The molecule has 0 aromatic heterocycles. The molecule has 4 bridgehead atoms. The molecule has 10 aliphatic carbocycles. The van der Waals surface area contributed by atoms with E-state index in [9.17, 15) is 39.0 Å². The van der Waals surface area contributed by atoms with Crippen molar-refractivity contribution in [3.63, 3.8) is 0 Å². The third-order valence-electron chi connectivity index (χ3n) is 25.5. The van der Waals surface area contributed by atoms with Crippen molar-refractivity contribution in [2.75, 3.05) is 0 Å². The average molecular weight is 1250 g/mol. The Morgan fingerprint density at radius 2 is 1.04 bits per heavy atom. The second kappa shape index (κ2) is 13.4. The molecule has 73 heavy (non-hydrogen) atoms. The van der Waals surface area contributed by atoms with Gasteiger partial charge in [0.05, 0.1) is 17.4 Å². The standard InChI is InChI=1S/C30H37NO6.C30H37NO5.42H2/c1-23(2)10-12-28-13-11-25(4)24(3)9-8-16-26(5,21-30(31-7,36-21)20(33)27(16,6)35)17(24)14-19(32)29(25,18(28)15-23)37-22(28)34;1-24(2)10-12-29-13-11-27(5)26(4)9-8-18-25(3,15-17(31-7)22(33)28(18,6)35)19(26)14-21(32)30(27,20(29)16-24)36-23(29)34;;;;;;;;;;;;;;;;;;;;;;;;;;;;;;;;;;;;;;;;;;/h14,16,18,21,35H,8-13,15H2,1-6H3;14-15,18,20,35H,8-13,16H2,1-6H3;42*1H/t16-,18-,21-,24-,25+,26+,27+,28+,29-,30+;18-,20-,25+,26-,27+,28+,29+,30-;;;;;;;;;;;;;;;;;;;;;;;;;;;;;;;;;;;;;;;;;;/m11........................................../s1/i;;41*1+2T;1+2. The highest BCUT2D eigenvalue weighted by Crippen LogP contribution is 2.82. The zero-order valence-corrected chi connectivity index (χ0v) is 45.0. The van der Waals surface area contributed by atoms with E-state index < -0.39 is 101 Å². The summed E-state index contributed by atoms with van der Waals surface area (Å²) < 4.78 is 429. The first-order valence-corrected chi connectivity index (χ1v) is 27.3. The van der Waals surface area contributed by atoms with Crippen molar-refractivity contribution < 1.29 is 176 Å². The molecule has 13 nitrogen and oxygen atoms in total. The summed E-state index contributed by atoms with van der Waals surface area (Å²) in [4.78, 5) is 89.5. The third-order valence-corrected chi connectivity index (χ3v) is 25.5. The third kappa shape index (κ3) is 4.96. The van der Waals surface area contributed by atoms with Crippen molar-refractivity contribution in [1.82, 2.24) is 0 Å². The minimum Gasteiger partial charge on any atom is -0.449 e. The molecular weight excluding hydrogens is 925 g/mol. The summed E-state index contributed by atoms with van der Waals surface area (Å²) in [5, 5.41) is 22.9. The first-order chi connectivity index (χ1) is 74.6. The van der Waals surface area contributed by atoms with Gasteiger partial charge in [0.1, 0.15) is 11.2 Å². The molecule has 474 valence electrons. The van der Waals surface area contributed by atoms with Gasteiger partial charge in [-0.25, -0.2) is 11.4 Å². The topological polar surface area (TPSA) is 183 Å². The molecule has 10 fully saturated rings. The molecule has 3 saturated heterocycles. The van der Waals surface area contributed by atoms with E-state index in [1.54, 1.807) is 18.2 Å². The molecule has 0 radical (unpaired) electrons. The second-order valence-electron chi connectivity index (χ2n) is 29.2. The highest BCUT2D eigenvalue weighted by molar-refractivity contribution is 6.08. The SMILES string of the molecule is [3HH].[3H][3H].[3H][3H].[3H][3H].[3H][3H].[3H][3H].[3H][3H].[3H][3H].[3H][3H].[3H][3H].[3H][3H].[3H][3H].[3H][3H].[3H][3H].[3H][3H].[3H][3H].[3H][3H].[3H][3H].[3H][3H].[3H][3H].[3H][3H].[3H][3H].[3H][3H].[3H][3H].[3H][3H].[3H][3H].[3H][3H].[3H][3H].[3H][3H].[3H][3H].[3H][3H].[3H][3H].[3H][3H].[3H][3H].[3H][3H].[3H][3H].[3H][3H].[3H][3H].[3H][3H].[3H][3H].[3H][3H].[3H][3H].[C-]#[N+]C1=C[C@]2(C)C3=CC(=O)[C@]45OC(=O)[C@@]6(CCC(C)(C)C[C@H]64)CC[C@@]5(C)[C@]3(C)CC[C@H]2[C@](C)(O)C1=O.[C-]#[N+][C@@]12O[C@@H]1[C@]1(C)C3=CC(=O)[C@]45OC(=O)[C@@]6(CCC(C)(C)C[C@H]64)CC[C@@]5(C)[C@]3(C)CC[C@H]1[C@](C)(O)C2=O. The highest BCUT2D eigenvalue weighted by atomic mass is 16.6. The predicted octanol–water partition coefficient (Wildman–Crippen LogP) is 19.5. The summed E-state index contributed by atoms with van der Waals surface area (Å²) in [7, 11) is 0. The van der Waals surface area contributed by atoms with Crippen molar-refractivity contribution in [2.45, 2.75) is 207 Å². The molecule has 2 spiro atoms. The van der Waals surface area contributed by atoms with Crippen LogP contribution in [0.1, 0.15) is 296 Å². The molecule has 0 aromatic rings. The lowest BCUT2D eigenvalue weighted by Gasteiger charge is -2.68. The molecule has 3 heterocycles. The molecule has 2 N–H and O–H groups in total. The van der Waals surface area contributed by atoms with Gasteiger partial charge in [0.25, 0.3) is 5.78 Å². The molecule has 0 unspecified atom stereocenters. The van der Waals surface area contributed by atoms with Crippen LogP contribution >= 0.6 is 0 Å². The van der Waals surface area contributed by atoms with Crippen LogP contribution in [0.15, 0.2) is 35.1 Å². The first-order valence-electron chi connectivity index (χ1n) is 68.3. The van der Waals surface area contributed by atoms with Crippen molar-refractivity contribution in [3.05, 3.63) is 57.9 Å². The Labute approximate surface area is 557 Å². The summed E-state index contributed by atoms with van der Waals surface area (Å²) in [5.74, 6) is -3.03. The van der Waals surface area contributed by atoms with Crippen LogP contribution in [0.2, 0.25) is 0 Å². The lowest BCUT2D eigenvalue weighted by Crippen LogP contribution is -2.73. The largest absolute Gasteiger partial charge is 0.449 e. The molecule has 13 heteroatoms. The van der Waals surface area contributed by atoms with Crippen LogP contribution in [0.3, 0.4) is 0 Å². The van der Waals surface area contributed by atoms with E-state index in [0.717, 1.165) is 56.1 Å². The highest BCUT2D eigenvalue weighted by Gasteiger charge is 2.90. The van der Waals surface area contributed by atoms with E-state index in [4.69, 9.17) is 149 Å². The van der Waals surface area contributed by atoms with E-state index in [1.807, 2.05) is 13.8 Å². The zero-order valence-electron chi connectivity index (χ0n) is 127. The molecule has 13 rings (SSSR count). The predicted molar refractivity (Wildman–Crippen MR) is 352 cm³/mol. The molecule has 3 aliphatic heterocycles. The van der Waals surface area contributed by atoms with Gasteiger partial charge in [-0.1, -0.05) is 86.5 Å². The smallest absolute Gasteiger partial charge is 0.427 e. The van der Waals surface area contributed by atoms with Gasteiger partial charge < -0.3 is 24.5 Å². The van der Waals surface area contributed by atoms with Crippen LogP contribution in [0.4, 0.5) is 0 Å². The monoisotopic (exact) mass is 1250 g/mol. The average Bonchev–Trinajstić information content (AvgIpc) is 1.45. The fraction of sp³-hybridized carbons (Fsp3) is 0.767. The van der Waals surface area contributed by atoms with Gasteiger partial charge in [0.15, 0.2) is 34.7 Å². The van der Waals surface area contributed by atoms with Crippen LogP contribution in [0, 0.1) is 91.0 Å². The van der Waals surface area contributed by atoms with Crippen molar-refractivity contribution in [1.29, 1.82) is 0 Å². The van der Waals surface area contributed by atoms with Crippen LogP contribution < -0.4 is 0 Å². The Bertz CT molecular complexity index is 3080. The van der Waals surface area contributed by atoms with Crippen molar-refractivity contribution in [3.8, 4) is 0 Å². The Balaban J connectivity index is -0.0000000418. The second-order valence-corrected chi connectivity index (χ2v) is 29.2. The lowest BCUT2D eigenvalue weighted by molar-refractivity contribution is -0.211. The minimum absolute atomic E-state index is 0. The minimum atomic E-state index is -1.73. The number of ether oxygens (including phenoxy) is 3. The van der Waals surface area contributed by atoms with Gasteiger partial charge in [-0.2, -0.15) is 0 Å². The number of carbonyl (C=O) groups excluding carboxylic acids is 6. The van der Waals surface area contributed by atoms with Gasteiger partial charge in [0, 0.05) is 169 Å². The number of hydrogen-bond donors (Lipinski definition) is 2. The van der Waals surface area contributed by atoms with Gasteiger partial charge in [-0.3, -0.25) is 33.6 Å². The summed E-state index contributed by atoms with van der Waals surface area (Å²) in [6.45, 7) is 40.0. The van der Waals surface area contributed by atoms with E-state index >= 15 is 0 Å². The number of Topliss-reactive ketones (excluding diaryl/α,β-unsaturated/α-hetero) is 2.